The maximum atomic E-state index is 13.3. The molecule has 0 unspecified atom stereocenters. The van der Waals surface area contributed by atoms with Crippen LogP contribution in [0.5, 0.6) is 0 Å². The Kier molecular flexibility index (Phi) is 5.54. The van der Waals surface area contributed by atoms with Gasteiger partial charge < -0.3 is 5.21 Å². The molecule has 0 bridgehead atoms. The summed E-state index contributed by atoms with van der Waals surface area (Å²) >= 11 is 0. The molecule has 0 aromatic heterocycles. The fraction of sp³-hybridized carbons (Fsp3) is 0.259. The average Bonchev–Trinajstić information content (AvgIpc) is 3.05. The zero-order valence-corrected chi connectivity index (χ0v) is 17.6. The van der Waals surface area contributed by atoms with Crippen molar-refractivity contribution in [1.29, 1.82) is 0 Å². The smallest absolute Gasteiger partial charge is 0.215 e. The summed E-state index contributed by atoms with van der Waals surface area (Å²) in [4.78, 5) is 13.3. The van der Waals surface area contributed by atoms with Crippen LogP contribution in [0.2, 0.25) is 0 Å². The van der Waals surface area contributed by atoms with Gasteiger partial charge in [0, 0.05) is 16.5 Å². The van der Waals surface area contributed by atoms with E-state index in [1.807, 2.05) is 30.3 Å². The number of carbonyl (C=O) groups is 1. The van der Waals surface area contributed by atoms with Crippen LogP contribution in [0.15, 0.2) is 78.0 Å². The van der Waals surface area contributed by atoms with Crippen LogP contribution in [-0.4, -0.2) is 16.7 Å². The van der Waals surface area contributed by atoms with E-state index in [-0.39, 0.29) is 16.9 Å². The SMILES string of the molecule is CCCC1(CCC)c2ccccc2-c2ccc(C(=O)/C(=N/O)c3ccccc3)cc21. The van der Waals surface area contributed by atoms with E-state index in [1.165, 1.54) is 22.3 Å². The maximum absolute atomic E-state index is 13.3. The van der Waals surface area contributed by atoms with Gasteiger partial charge in [-0.05, 0) is 41.2 Å². The number of rotatable bonds is 7. The third-order valence-corrected chi connectivity index (χ3v) is 6.25. The standard InChI is InChI=1S/C27H27NO2/c1-3-16-27(17-4-2)23-13-9-8-12-21(23)22-15-14-20(18-24(22)27)26(29)25(28-30)19-10-6-5-7-11-19/h5-15,18,30H,3-4,16-17H2,1-2H3/b28-25+. The Labute approximate surface area is 178 Å². The quantitative estimate of drug-likeness (QED) is 0.211. The third kappa shape index (κ3) is 3.15. The highest BCUT2D eigenvalue weighted by Gasteiger charge is 2.42. The fourth-order valence-corrected chi connectivity index (χ4v) is 5.08. The molecule has 0 amide bonds. The number of benzene rings is 3. The molecule has 1 aliphatic carbocycles. The highest BCUT2D eigenvalue weighted by molar-refractivity contribution is 6.51. The van der Waals surface area contributed by atoms with Crippen molar-refractivity contribution in [2.24, 2.45) is 5.16 Å². The van der Waals surface area contributed by atoms with Crippen molar-refractivity contribution in [3.8, 4) is 11.1 Å². The molecule has 0 fully saturated rings. The summed E-state index contributed by atoms with van der Waals surface area (Å²) < 4.78 is 0. The lowest BCUT2D eigenvalue weighted by molar-refractivity contribution is 0.106. The van der Waals surface area contributed by atoms with Crippen LogP contribution in [0.25, 0.3) is 11.1 Å². The first-order valence-electron chi connectivity index (χ1n) is 10.7. The Morgan fingerprint density at radius 1 is 0.800 bits per heavy atom. The predicted octanol–water partition coefficient (Wildman–Crippen LogP) is 6.61. The molecule has 3 nitrogen and oxygen atoms in total. The van der Waals surface area contributed by atoms with Crippen molar-refractivity contribution in [1.82, 2.24) is 0 Å². The second kappa shape index (κ2) is 8.27. The van der Waals surface area contributed by atoms with Crippen LogP contribution in [0, 0.1) is 0 Å². The molecule has 1 N–H and O–H groups in total. The summed E-state index contributed by atoms with van der Waals surface area (Å²) in [5, 5.41) is 12.9. The largest absolute Gasteiger partial charge is 0.410 e. The number of oxime groups is 1. The zero-order valence-electron chi connectivity index (χ0n) is 17.6. The van der Waals surface area contributed by atoms with Gasteiger partial charge in [-0.15, -0.1) is 0 Å². The average molecular weight is 398 g/mol. The summed E-state index contributed by atoms with van der Waals surface area (Å²) in [5.74, 6) is -0.260. The van der Waals surface area contributed by atoms with Crippen molar-refractivity contribution < 1.29 is 10.0 Å². The monoisotopic (exact) mass is 397 g/mol. The highest BCUT2D eigenvalue weighted by Crippen LogP contribution is 2.53. The molecular weight excluding hydrogens is 370 g/mol. The minimum Gasteiger partial charge on any atom is -0.410 e. The molecule has 3 aromatic carbocycles. The van der Waals surface area contributed by atoms with E-state index in [0.717, 1.165) is 25.7 Å². The molecule has 0 aliphatic heterocycles. The number of carbonyl (C=O) groups excluding carboxylic acids is 1. The van der Waals surface area contributed by atoms with E-state index < -0.39 is 0 Å². The molecule has 152 valence electrons. The molecule has 4 rings (SSSR count). The number of Topliss-reactive ketones (excluding diaryl/α,β-unsaturated/α-hetero) is 1. The van der Waals surface area contributed by atoms with Crippen LogP contribution >= 0.6 is 0 Å². The number of ketones is 1. The summed E-state index contributed by atoms with van der Waals surface area (Å²) in [7, 11) is 0. The van der Waals surface area contributed by atoms with Crippen LogP contribution in [0.3, 0.4) is 0 Å². The summed E-state index contributed by atoms with van der Waals surface area (Å²) in [5.41, 5.74) is 6.25. The number of fused-ring (bicyclic) bond motifs is 3. The van der Waals surface area contributed by atoms with Gasteiger partial charge >= 0.3 is 0 Å². The summed E-state index contributed by atoms with van der Waals surface area (Å²) in [6.07, 6.45) is 4.23. The van der Waals surface area contributed by atoms with E-state index in [9.17, 15) is 10.0 Å². The molecule has 0 spiro atoms. The van der Waals surface area contributed by atoms with Gasteiger partial charge in [0.15, 0.2) is 5.71 Å². The first kappa shape index (κ1) is 20.1. The highest BCUT2D eigenvalue weighted by atomic mass is 16.4. The summed E-state index contributed by atoms with van der Waals surface area (Å²) in [6.45, 7) is 4.44. The van der Waals surface area contributed by atoms with Crippen molar-refractivity contribution in [2.75, 3.05) is 0 Å². The van der Waals surface area contributed by atoms with Crippen LogP contribution in [-0.2, 0) is 5.41 Å². The van der Waals surface area contributed by atoms with Gasteiger partial charge in [0.1, 0.15) is 0 Å². The van der Waals surface area contributed by atoms with E-state index >= 15 is 0 Å². The van der Waals surface area contributed by atoms with Gasteiger partial charge in [-0.3, -0.25) is 4.79 Å². The van der Waals surface area contributed by atoms with Crippen LogP contribution < -0.4 is 0 Å². The van der Waals surface area contributed by atoms with E-state index in [4.69, 9.17) is 0 Å². The topological polar surface area (TPSA) is 49.7 Å². The number of nitrogens with zero attached hydrogens (tertiary/aromatic N) is 1. The molecule has 3 aromatic rings. The van der Waals surface area contributed by atoms with E-state index in [0.29, 0.717) is 11.1 Å². The molecule has 0 atom stereocenters. The predicted molar refractivity (Wildman–Crippen MR) is 122 cm³/mol. The van der Waals surface area contributed by atoms with Gasteiger partial charge in [0.2, 0.25) is 5.78 Å². The Balaban J connectivity index is 1.85. The minimum atomic E-state index is -0.260. The first-order valence-corrected chi connectivity index (χ1v) is 10.7. The van der Waals surface area contributed by atoms with E-state index in [2.05, 4.69) is 49.3 Å². The van der Waals surface area contributed by atoms with Crippen molar-refractivity contribution >= 4 is 11.5 Å². The van der Waals surface area contributed by atoms with Gasteiger partial charge in [-0.2, -0.15) is 0 Å². The number of hydrogen-bond donors (Lipinski definition) is 1. The molecule has 0 saturated heterocycles. The Morgan fingerprint density at radius 2 is 1.43 bits per heavy atom. The molecule has 3 heteroatoms. The van der Waals surface area contributed by atoms with Crippen molar-refractivity contribution in [3.05, 3.63) is 95.1 Å². The van der Waals surface area contributed by atoms with Gasteiger partial charge in [-0.1, -0.05) is 98.6 Å². The van der Waals surface area contributed by atoms with E-state index in [1.54, 1.807) is 12.1 Å². The van der Waals surface area contributed by atoms with Gasteiger partial charge in [0.25, 0.3) is 0 Å². The molecular formula is C27H27NO2. The van der Waals surface area contributed by atoms with Crippen molar-refractivity contribution in [2.45, 2.75) is 44.9 Å². The Bertz CT molecular complexity index is 1090. The van der Waals surface area contributed by atoms with Gasteiger partial charge in [-0.25, -0.2) is 0 Å². The first-order chi connectivity index (χ1) is 14.7. The maximum Gasteiger partial charge on any atom is 0.215 e. The Hall–Kier alpha value is -3.20. The second-order valence-corrected chi connectivity index (χ2v) is 8.03. The van der Waals surface area contributed by atoms with Crippen LogP contribution in [0.1, 0.15) is 66.6 Å². The van der Waals surface area contributed by atoms with Crippen molar-refractivity contribution in [3.63, 3.8) is 0 Å². The fourth-order valence-electron chi connectivity index (χ4n) is 5.08. The minimum absolute atomic E-state index is 0.0719. The lowest BCUT2D eigenvalue weighted by Crippen LogP contribution is -2.25. The van der Waals surface area contributed by atoms with Crippen LogP contribution in [0.4, 0.5) is 0 Å². The zero-order chi connectivity index (χ0) is 21.1. The molecule has 1 aliphatic rings. The molecule has 0 saturated carbocycles. The van der Waals surface area contributed by atoms with Gasteiger partial charge in [0.05, 0.1) is 0 Å². The normalized spacial score (nSPS) is 14.3. The number of hydrogen-bond acceptors (Lipinski definition) is 3. The lowest BCUT2D eigenvalue weighted by atomic mass is 9.71. The second-order valence-electron chi connectivity index (χ2n) is 8.03. The summed E-state index contributed by atoms with van der Waals surface area (Å²) in [6, 6.07) is 23.7. The Morgan fingerprint density at radius 3 is 2.10 bits per heavy atom. The molecule has 0 heterocycles. The molecule has 30 heavy (non-hydrogen) atoms. The molecule has 0 radical (unpaired) electrons. The lowest BCUT2D eigenvalue weighted by Gasteiger charge is -2.32. The third-order valence-electron chi connectivity index (χ3n) is 6.25.